The lowest BCUT2D eigenvalue weighted by Gasteiger charge is -2.17. The van der Waals surface area contributed by atoms with Crippen molar-refractivity contribution in [3.8, 4) is 16.9 Å². The molecule has 3 N–H and O–H groups in total. The molecule has 5 heteroatoms. The highest BCUT2D eigenvalue weighted by atomic mass is 31.2. The van der Waals surface area contributed by atoms with Crippen LogP contribution >= 0.6 is 7.60 Å². The van der Waals surface area contributed by atoms with Crippen molar-refractivity contribution < 1.29 is 19.5 Å². The van der Waals surface area contributed by atoms with Crippen molar-refractivity contribution in [1.82, 2.24) is 0 Å². The molecule has 1 atom stereocenters. The quantitative estimate of drug-likeness (QED) is 0.642. The fourth-order valence-electron chi connectivity index (χ4n) is 3.04. The first kappa shape index (κ1) is 18.7. The zero-order valence-electron chi connectivity index (χ0n) is 14.1. The Kier molecular flexibility index (Phi) is 6.22. The number of phenols is 1. The van der Waals surface area contributed by atoms with E-state index < -0.39 is 7.60 Å². The first-order chi connectivity index (χ1) is 11.4. The molecule has 0 bridgehead atoms. The molecule has 0 saturated carbocycles. The van der Waals surface area contributed by atoms with Gasteiger partial charge in [0.2, 0.25) is 0 Å². The Labute approximate surface area is 143 Å². The Hall–Kier alpha value is -1.61. The van der Waals surface area contributed by atoms with Gasteiger partial charge in [0.1, 0.15) is 5.75 Å². The average molecular weight is 348 g/mol. The summed E-state index contributed by atoms with van der Waals surface area (Å²) in [4.78, 5) is 19.1. The van der Waals surface area contributed by atoms with E-state index in [4.69, 9.17) is 0 Å². The summed E-state index contributed by atoms with van der Waals surface area (Å²) in [6, 6.07) is 11.8. The smallest absolute Gasteiger partial charge is 0.356 e. The normalized spacial score (nSPS) is 13.0. The van der Waals surface area contributed by atoms with Crippen molar-refractivity contribution in [2.45, 2.75) is 45.4 Å². The number of unbranched alkanes of at least 4 members (excludes halogenated alkanes) is 1. The molecule has 0 radical (unpaired) electrons. The number of rotatable bonds is 7. The summed E-state index contributed by atoms with van der Waals surface area (Å²) < 4.78 is 11.7. The molecule has 0 spiro atoms. The van der Waals surface area contributed by atoms with Crippen molar-refractivity contribution in [1.29, 1.82) is 0 Å². The van der Waals surface area contributed by atoms with Crippen LogP contribution in [0.2, 0.25) is 0 Å². The Bertz CT molecular complexity index is 736. The lowest BCUT2D eigenvalue weighted by atomic mass is 9.89. The van der Waals surface area contributed by atoms with Crippen LogP contribution in [0.3, 0.4) is 0 Å². The van der Waals surface area contributed by atoms with Gasteiger partial charge in [-0.15, -0.1) is 0 Å². The third-order valence-electron chi connectivity index (χ3n) is 4.40. The predicted molar refractivity (Wildman–Crippen MR) is 97.8 cm³/mol. The van der Waals surface area contributed by atoms with Gasteiger partial charge >= 0.3 is 7.60 Å². The molecule has 2 rings (SSSR count). The number of hydrogen-bond donors (Lipinski definition) is 3. The van der Waals surface area contributed by atoms with Crippen LogP contribution in [0.15, 0.2) is 42.5 Å². The third kappa shape index (κ3) is 4.27. The van der Waals surface area contributed by atoms with E-state index in [1.165, 1.54) is 6.07 Å². The Morgan fingerprint density at radius 2 is 1.75 bits per heavy atom. The summed E-state index contributed by atoms with van der Waals surface area (Å²) in [5, 5.41) is 10.4. The number of hydrogen-bond acceptors (Lipinski definition) is 2. The summed E-state index contributed by atoms with van der Waals surface area (Å²) in [6.07, 6.45) is 4.35. The molecule has 2 aromatic rings. The van der Waals surface area contributed by atoms with E-state index in [2.05, 4.69) is 13.8 Å². The van der Waals surface area contributed by atoms with Gasteiger partial charge in [-0.3, -0.25) is 4.57 Å². The van der Waals surface area contributed by atoms with Crippen LogP contribution in [0.25, 0.3) is 11.1 Å². The second-order valence-electron chi connectivity index (χ2n) is 6.09. The highest BCUT2D eigenvalue weighted by molar-refractivity contribution is 7.60. The van der Waals surface area contributed by atoms with Gasteiger partial charge in [0.25, 0.3) is 0 Å². The van der Waals surface area contributed by atoms with Crippen LogP contribution in [0.5, 0.6) is 5.75 Å². The monoisotopic (exact) mass is 348 g/mol. The van der Waals surface area contributed by atoms with Gasteiger partial charge in [0.15, 0.2) is 0 Å². The summed E-state index contributed by atoms with van der Waals surface area (Å²) >= 11 is 0. The molecule has 0 fully saturated rings. The van der Waals surface area contributed by atoms with Crippen molar-refractivity contribution in [3.63, 3.8) is 0 Å². The van der Waals surface area contributed by atoms with E-state index in [0.717, 1.165) is 31.2 Å². The van der Waals surface area contributed by atoms with Crippen molar-refractivity contribution in [3.05, 3.63) is 48.0 Å². The molecule has 0 aliphatic carbocycles. The minimum Gasteiger partial charge on any atom is -0.507 e. The molecule has 0 heterocycles. The van der Waals surface area contributed by atoms with Crippen LogP contribution in [-0.4, -0.2) is 14.9 Å². The van der Waals surface area contributed by atoms with Crippen LogP contribution in [0, 0.1) is 0 Å². The van der Waals surface area contributed by atoms with E-state index >= 15 is 0 Å². The molecular weight excluding hydrogens is 323 g/mol. The fraction of sp³-hybridized carbons (Fsp3) is 0.368. The van der Waals surface area contributed by atoms with Crippen LogP contribution in [0.4, 0.5) is 0 Å². The lowest BCUT2D eigenvalue weighted by Crippen LogP contribution is -2.07. The summed E-state index contributed by atoms with van der Waals surface area (Å²) in [5.41, 5.74) is 1.89. The number of benzene rings is 2. The second-order valence-corrected chi connectivity index (χ2v) is 7.66. The topological polar surface area (TPSA) is 77.8 Å². The molecule has 0 aromatic heterocycles. The zero-order valence-corrected chi connectivity index (χ0v) is 15.0. The third-order valence-corrected chi connectivity index (χ3v) is 5.42. The molecule has 4 nitrogen and oxygen atoms in total. The van der Waals surface area contributed by atoms with E-state index in [1.54, 1.807) is 30.3 Å². The second kappa shape index (κ2) is 7.98. The van der Waals surface area contributed by atoms with Gasteiger partial charge in [0, 0.05) is 11.1 Å². The Morgan fingerprint density at radius 3 is 2.33 bits per heavy atom. The SMILES string of the molecule is CCCCC(CC)c1ccc(-c2ccccc2P(=O)(O)O)c(O)c1. The molecule has 0 aliphatic heterocycles. The summed E-state index contributed by atoms with van der Waals surface area (Å²) in [5.74, 6) is 0.449. The minimum absolute atomic E-state index is 0.0587. The standard InChI is InChI=1S/C19H25O4P/c1-3-5-8-14(4-2)15-11-12-16(18(20)13-15)17-9-6-7-10-19(17)24(21,22)23/h6-7,9-14,20H,3-5,8H2,1-2H3,(H2,21,22,23). The van der Waals surface area contributed by atoms with E-state index in [1.807, 2.05) is 6.07 Å². The summed E-state index contributed by atoms with van der Waals surface area (Å²) in [6.45, 7) is 4.29. The van der Waals surface area contributed by atoms with Crippen LogP contribution < -0.4 is 5.30 Å². The lowest BCUT2D eigenvalue weighted by molar-refractivity contribution is 0.387. The number of phenolic OH excluding ortho intramolecular Hbond substituents is 1. The highest BCUT2D eigenvalue weighted by Crippen LogP contribution is 2.41. The first-order valence-corrected chi connectivity index (χ1v) is 9.98. The van der Waals surface area contributed by atoms with Gasteiger partial charge in [-0.2, -0.15) is 0 Å². The van der Waals surface area contributed by atoms with Crippen LogP contribution in [0.1, 0.15) is 51.0 Å². The summed E-state index contributed by atoms with van der Waals surface area (Å²) in [7, 11) is -4.40. The maximum Gasteiger partial charge on any atom is 0.356 e. The zero-order chi connectivity index (χ0) is 17.7. The minimum atomic E-state index is -4.40. The van der Waals surface area contributed by atoms with Crippen molar-refractivity contribution in [2.24, 2.45) is 0 Å². The fourth-order valence-corrected chi connectivity index (χ4v) is 3.83. The van der Waals surface area contributed by atoms with Gasteiger partial charge in [-0.05, 0) is 36.5 Å². The molecule has 24 heavy (non-hydrogen) atoms. The van der Waals surface area contributed by atoms with Crippen LogP contribution in [-0.2, 0) is 4.57 Å². The first-order valence-electron chi connectivity index (χ1n) is 8.36. The molecular formula is C19H25O4P. The van der Waals surface area contributed by atoms with Gasteiger partial charge in [-0.25, -0.2) is 0 Å². The molecule has 0 saturated heterocycles. The predicted octanol–water partition coefficient (Wildman–Crippen LogP) is 4.55. The van der Waals surface area contributed by atoms with Gasteiger partial charge in [0.05, 0.1) is 5.30 Å². The molecule has 2 aromatic carbocycles. The van der Waals surface area contributed by atoms with Gasteiger partial charge in [-0.1, -0.05) is 57.0 Å². The average Bonchev–Trinajstić information content (AvgIpc) is 2.55. The molecule has 0 amide bonds. The molecule has 0 aliphatic rings. The van der Waals surface area contributed by atoms with E-state index in [9.17, 15) is 19.5 Å². The van der Waals surface area contributed by atoms with Crippen molar-refractivity contribution >= 4 is 12.9 Å². The molecule has 1 unspecified atom stereocenters. The Balaban J connectivity index is 2.43. The Morgan fingerprint density at radius 1 is 1.04 bits per heavy atom. The largest absolute Gasteiger partial charge is 0.507 e. The highest BCUT2D eigenvalue weighted by Gasteiger charge is 2.23. The van der Waals surface area contributed by atoms with E-state index in [-0.39, 0.29) is 11.1 Å². The molecule has 130 valence electrons. The maximum atomic E-state index is 11.7. The number of aromatic hydroxyl groups is 1. The van der Waals surface area contributed by atoms with E-state index in [0.29, 0.717) is 17.0 Å². The van der Waals surface area contributed by atoms with Crippen molar-refractivity contribution in [2.75, 3.05) is 0 Å². The van der Waals surface area contributed by atoms with Gasteiger partial charge < -0.3 is 14.9 Å². The maximum absolute atomic E-state index is 11.7.